The van der Waals surface area contributed by atoms with Crippen molar-refractivity contribution >= 4 is 5.82 Å². The van der Waals surface area contributed by atoms with E-state index in [1.165, 1.54) is 49.8 Å². The fraction of sp³-hybridized carbons (Fsp3) is 0.786. The van der Waals surface area contributed by atoms with E-state index in [0.717, 1.165) is 19.3 Å². The molecule has 0 aliphatic rings. The number of rotatable bonds is 9. The summed E-state index contributed by atoms with van der Waals surface area (Å²) >= 11 is 0. The van der Waals surface area contributed by atoms with Crippen LogP contribution in [0.2, 0.25) is 0 Å². The molecule has 0 saturated carbocycles. The highest BCUT2D eigenvalue weighted by atomic mass is 15.2. The van der Waals surface area contributed by atoms with E-state index in [-0.39, 0.29) is 0 Å². The molecule has 1 heterocycles. The number of anilines is 1. The number of nitrogen functional groups attached to an aromatic ring is 1. The van der Waals surface area contributed by atoms with Crippen LogP contribution < -0.4 is 5.73 Å². The normalized spacial score (nSPS) is 10.9. The zero-order valence-electron chi connectivity index (χ0n) is 11.4. The van der Waals surface area contributed by atoms with Crippen LogP contribution in [-0.2, 0) is 12.8 Å². The van der Waals surface area contributed by atoms with Gasteiger partial charge in [-0.2, -0.15) is 5.10 Å². The molecule has 0 bridgehead atoms. The van der Waals surface area contributed by atoms with E-state index in [1.54, 1.807) is 0 Å². The maximum Gasteiger partial charge on any atom is 0.148 e. The monoisotopic (exact) mass is 237 g/mol. The summed E-state index contributed by atoms with van der Waals surface area (Å²) in [4.78, 5) is 0. The third-order valence-electron chi connectivity index (χ3n) is 3.27. The Bertz CT molecular complexity index is 304. The number of H-pyrrole nitrogens is 1. The lowest BCUT2D eigenvalue weighted by Crippen LogP contribution is -1.95. The second kappa shape index (κ2) is 8.15. The highest BCUT2D eigenvalue weighted by Gasteiger charge is 2.08. The van der Waals surface area contributed by atoms with Gasteiger partial charge in [0.15, 0.2) is 0 Å². The first-order valence-corrected chi connectivity index (χ1v) is 7.11. The first kappa shape index (κ1) is 14.1. The summed E-state index contributed by atoms with van der Waals surface area (Å²) in [6.07, 6.45) is 11.3. The molecule has 0 spiro atoms. The Balaban J connectivity index is 2.26. The Morgan fingerprint density at radius 3 is 2.35 bits per heavy atom. The van der Waals surface area contributed by atoms with Crippen molar-refractivity contribution in [3.63, 3.8) is 0 Å². The van der Waals surface area contributed by atoms with Crippen LogP contribution in [0.4, 0.5) is 5.82 Å². The summed E-state index contributed by atoms with van der Waals surface area (Å²) in [6, 6.07) is 0. The van der Waals surface area contributed by atoms with Crippen LogP contribution in [0, 0.1) is 0 Å². The molecule has 0 unspecified atom stereocenters. The molecular weight excluding hydrogens is 210 g/mol. The minimum atomic E-state index is 0.702. The van der Waals surface area contributed by atoms with Crippen molar-refractivity contribution in [1.82, 2.24) is 10.2 Å². The number of hydrogen-bond donors (Lipinski definition) is 2. The molecular formula is C14H27N3. The summed E-state index contributed by atoms with van der Waals surface area (Å²) in [7, 11) is 0. The van der Waals surface area contributed by atoms with E-state index in [9.17, 15) is 0 Å². The second-order valence-electron chi connectivity index (χ2n) is 4.83. The predicted molar refractivity (Wildman–Crippen MR) is 74.1 cm³/mol. The van der Waals surface area contributed by atoms with Crippen LogP contribution in [0.1, 0.15) is 70.1 Å². The fourth-order valence-electron chi connectivity index (χ4n) is 2.24. The third kappa shape index (κ3) is 4.80. The smallest absolute Gasteiger partial charge is 0.148 e. The molecule has 1 aromatic rings. The molecule has 1 rings (SSSR count). The minimum absolute atomic E-state index is 0.702. The number of nitrogens with zero attached hydrogens (tertiary/aromatic N) is 1. The fourth-order valence-corrected chi connectivity index (χ4v) is 2.24. The molecule has 98 valence electrons. The molecule has 3 nitrogen and oxygen atoms in total. The Morgan fingerprint density at radius 2 is 1.65 bits per heavy atom. The molecule has 0 aromatic carbocycles. The van der Waals surface area contributed by atoms with Gasteiger partial charge in [-0.1, -0.05) is 52.4 Å². The van der Waals surface area contributed by atoms with Crippen molar-refractivity contribution in [3.05, 3.63) is 11.3 Å². The van der Waals surface area contributed by atoms with Crippen molar-refractivity contribution in [2.75, 3.05) is 5.73 Å². The first-order valence-electron chi connectivity index (χ1n) is 7.11. The Morgan fingerprint density at radius 1 is 0.941 bits per heavy atom. The molecule has 0 saturated heterocycles. The van der Waals surface area contributed by atoms with Crippen LogP contribution in [0.5, 0.6) is 0 Å². The maximum absolute atomic E-state index is 5.86. The summed E-state index contributed by atoms with van der Waals surface area (Å²) in [5.41, 5.74) is 8.37. The largest absolute Gasteiger partial charge is 0.382 e. The van der Waals surface area contributed by atoms with Crippen molar-refractivity contribution in [1.29, 1.82) is 0 Å². The standard InChI is InChI=1S/C14H27N3/c1-3-5-6-7-8-9-11-13-12(10-4-2)14(15)17-16-13/h3-11H2,1-2H3,(H3,15,16,17). The van der Waals surface area contributed by atoms with Crippen LogP contribution in [-0.4, -0.2) is 10.2 Å². The van der Waals surface area contributed by atoms with Gasteiger partial charge in [-0.3, -0.25) is 5.10 Å². The van der Waals surface area contributed by atoms with E-state index in [2.05, 4.69) is 24.0 Å². The number of aryl methyl sites for hydroxylation is 1. The van der Waals surface area contributed by atoms with Crippen molar-refractivity contribution < 1.29 is 0 Å². The summed E-state index contributed by atoms with van der Waals surface area (Å²) in [5, 5.41) is 7.20. The van der Waals surface area contributed by atoms with Crippen molar-refractivity contribution in [2.24, 2.45) is 0 Å². The Hall–Kier alpha value is -0.990. The Labute approximate surface area is 105 Å². The van der Waals surface area contributed by atoms with Gasteiger partial charge in [-0.05, 0) is 19.3 Å². The predicted octanol–water partition coefficient (Wildman–Crippen LogP) is 3.85. The second-order valence-corrected chi connectivity index (χ2v) is 4.83. The molecule has 0 atom stereocenters. The number of nitrogens with two attached hydrogens (primary N) is 1. The molecule has 0 amide bonds. The molecule has 0 fully saturated rings. The molecule has 0 radical (unpaired) electrons. The van der Waals surface area contributed by atoms with Gasteiger partial charge in [-0.15, -0.1) is 0 Å². The van der Waals surface area contributed by atoms with Crippen LogP contribution in [0.25, 0.3) is 0 Å². The highest BCUT2D eigenvalue weighted by molar-refractivity contribution is 5.42. The van der Waals surface area contributed by atoms with Crippen LogP contribution in [0.15, 0.2) is 0 Å². The quantitative estimate of drug-likeness (QED) is 0.641. The summed E-state index contributed by atoms with van der Waals surface area (Å²) < 4.78 is 0. The van der Waals surface area contributed by atoms with Crippen molar-refractivity contribution in [3.8, 4) is 0 Å². The SMILES string of the molecule is CCCCCCCCc1[nH]nc(N)c1CCC. The van der Waals surface area contributed by atoms with Gasteiger partial charge >= 0.3 is 0 Å². The molecule has 1 aromatic heterocycles. The van der Waals surface area contributed by atoms with Crippen LogP contribution >= 0.6 is 0 Å². The lowest BCUT2D eigenvalue weighted by Gasteiger charge is -2.03. The van der Waals surface area contributed by atoms with E-state index >= 15 is 0 Å². The lowest BCUT2D eigenvalue weighted by molar-refractivity contribution is 0.603. The zero-order chi connectivity index (χ0) is 12.5. The number of aromatic amines is 1. The molecule has 3 heteroatoms. The molecule has 3 N–H and O–H groups in total. The number of unbranched alkanes of at least 4 members (excludes halogenated alkanes) is 5. The lowest BCUT2D eigenvalue weighted by atomic mass is 10.0. The topological polar surface area (TPSA) is 54.7 Å². The van der Waals surface area contributed by atoms with E-state index in [1.807, 2.05) is 0 Å². The van der Waals surface area contributed by atoms with E-state index in [4.69, 9.17) is 5.73 Å². The van der Waals surface area contributed by atoms with Gasteiger partial charge in [0.05, 0.1) is 0 Å². The highest BCUT2D eigenvalue weighted by Crippen LogP contribution is 2.18. The van der Waals surface area contributed by atoms with Gasteiger partial charge in [-0.25, -0.2) is 0 Å². The van der Waals surface area contributed by atoms with E-state index in [0.29, 0.717) is 5.82 Å². The van der Waals surface area contributed by atoms with E-state index < -0.39 is 0 Å². The summed E-state index contributed by atoms with van der Waals surface area (Å²) in [5.74, 6) is 0.702. The average molecular weight is 237 g/mol. The zero-order valence-corrected chi connectivity index (χ0v) is 11.4. The van der Waals surface area contributed by atoms with Gasteiger partial charge < -0.3 is 5.73 Å². The third-order valence-corrected chi connectivity index (χ3v) is 3.27. The molecule has 0 aliphatic heterocycles. The van der Waals surface area contributed by atoms with Gasteiger partial charge in [0, 0.05) is 11.3 Å². The number of nitrogens with one attached hydrogen (secondary N) is 1. The Kier molecular flexibility index (Phi) is 6.75. The average Bonchev–Trinajstić information content (AvgIpc) is 2.66. The number of hydrogen-bond acceptors (Lipinski definition) is 2. The first-order chi connectivity index (χ1) is 8.29. The van der Waals surface area contributed by atoms with Gasteiger partial charge in [0.1, 0.15) is 5.82 Å². The summed E-state index contributed by atoms with van der Waals surface area (Å²) in [6.45, 7) is 4.44. The maximum atomic E-state index is 5.86. The number of aromatic nitrogens is 2. The van der Waals surface area contributed by atoms with Crippen molar-refractivity contribution in [2.45, 2.75) is 71.6 Å². The minimum Gasteiger partial charge on any atom is -0.382 e. The van der Waals surface area contributed by atoms with Crippen LogP contribution in [0.3, 0.4) is 0 Å². The van der Waals surface area contributed by atoms with Gasteiger partial charge in [0.2, 0.25) is 0 Å². The van der Waals surface area contributed by atoms with Gasteiger partial charge in [0.25, 0.3) is 0 Å². The molecule has 17 heavy (non-hydrogen) atoms. The molecule has 0 aliphatic carbocycles.